The number of halogens is 1. The zero-order valence-corrected chi connectivity index (χ0v) is 11.2. The summed E-state index contributed by atoms with van der Waals surface area (Å²) in [5.41, 5.74) is -0.570. The van der Waals surface area contributed by atoms with Crippen molar-refractivity contribution in [3.05, 3.63) is 20.8 Å². The van der Waals surface area contributed by atoms with Crippen LogP contribution in [0, 0.1) is 11.3 Å². The molecule has 0 bridgehead atoms. The molecule has 0 spiro atoms. The van der Waals surface area contributed by atoms with Crippen LogP contribution in [-0.2, 0) is 4.79 Å². The van der Waals surface area contributed by atoms with Gasteiger partial charge in [0.15, 0.2) is 0 Å². The number of carbonyl (C=O) groups excluding carboxylic acids is 1. The van der Waals surface area contributed by atoms with Gasteiger partial charge >= 0.3 is 0 Å². The van der Waals surface area contributed by atoms with Gasteiger partial charge in [-0.3, -0.25) is 4.79 Å². The van der Waals surface area contributed by atoms with Crippen molar-refractivity contribution in [3.63, 3.8) is 0 Å². The molecule has 1 amide bonds. The number of carbonyl (C=O) groups is 1. The molecule has 1 saturated carbocycles. The van der Waals surface area contributed by atoms with E-state index in [0.717, 1.165) is 21.5 Å². The molecule has 1 aliphatic rings. The van der Waals surface area contributed by atoms with Crippen LogP contribution in [0.15, 0.2) is 15.9 Å². The van der Waals surface area contributed by atoms with Crippen molar-refractivity contribution in [2.75, 3.05) is 0 Å². The van der Waals surface area contributed by atoms with Crippen LogP contribution in [-0.4, -0.2) is 11.4 Å². The Balaban J connectivity index is 2.03. The fourth-order valence-electron chi connectivity index (χ4n) is 1.42. The van der Waals surface area contributed by atoms with Crippen LogP contribution in [0.25, 0.3) is 0 Å². The average Bonchev–Trinajstić information content (AvgIpc) is 2.91. The molecule has 0 aromatic carbocycles. The maximum Gasteiger partial charge on any atom is 0.229 e. The van der Waals surface area contributed by atoms with Crippen molar-refractivity contribution in [2.45, 2.75) is 31.2 Å². The first-order valence-corrected chi connectivity index (χ1v) is 6.66. The van der Waals surface area contributed by atoms with Gasteiger partial charge in [0.1, 0.15) is 5.54 Å². The molecule has 0 radical (unpaired) electrons. The first kappa shape index (κ1) is 11.6. The molecular weight excluding hydrogens is 288 g/mol. The van der Waals surface area contributed by atoms with Gasteiger partial charge in [-0.05, 0) is 47.8 Å². The summed E-state index contributed by atoms with van der Waals surface area (Å²) >= 11 is 4.92. The number of hydrogen-bond acceptors (Lipinski definition) is 3. The maximum atomic E-state index is 11.9. The number of nitrogens with zero attached hydrogens (tertiary/aromatic N) is 1. The minimum Gasteiger partial charge on any atom is -0.337 e. The molecule has 1 heterocycles. The molecule has 1 fully saturated rings. The SMILES string of the molecule is C[C@@H](C(=O)NC1(C#N)CC1)c1ccc(Br)s1. The summed E-state index contributed by atoms with van der Waals surface area (Å²) < 4.78 is 1.02. The summed E-state index contributed by atoms with van der Waals surface area (Å²) in [4.78, 5) is 12.9. The standard InChI is InChI=1S/C11H11BrN2OS/c1-7(8-2-3-9(12)16-8)10(15)14-11(6-13)4-5-11/h2-3,7H,4-5H2,1H3,(H,14,15)/t7-/m1/s1. The van der Waals surface area contributed by atoms with Gasteiger partial charge < -0.3 is 5.32 Å². The van der Waals surface area contributed by atoms with Gasteiger partial charge in [-0.1, -0.05) is 0 Å². The number of nitrogens with one attached hydrogen (secondary N) is 1. The van der Waals surface area contributed by atoms with Gasteiger partial charge in [0.2, 0.25) is 5.91 Å². The molecule has 1 N–H and O–H groups in total. The first-order chi connectivity index (χ1) is 7.56. The van der Waals surface area contributed by atoms with Gasteiger partial charge in [-0.15, -0.1) is 11.3 Å². The van der Waals surface area contributed by atoms with Crippen LogP contribution in [0.5, 0.6) is 0 Å². The lowest BCUT2D eigenvalue weighted by molar-refractivity contribution is -0.122. The Bertz CT molecular complexity index is 459. The number of thiophene rings is 1. The van der Waals surface area contributed by atoms with Gasteiger partial charge in [0.25, 0.3) is 0 Å². The third-order valence-corrected chi connectivity index (χ3v) is 4.55. The lowest BCUT2D eigenvalue weighted by atomic mass is 10.1. The number of rotatable bonds is 3. The second-order valence-electron chi connectivity index (χ2n) is 4.05. The number of amides is 1. The summed E-state index contributed by atoms with van der Waals surface area (Å²) in [7, 11) is 0. The zero-order valence-electron chi connectivity index (χ0n) is 8.79. The summed E-state index contributed by atoms with van der Waals surface area (Å²) in [5.74, 6) is -0.254. The molecule has 1 aliphatic carbocycles. The highest BCUT2D eigenvalue weighted by Crippen LogP contribution is 2.36. The zero-order chi connectivity index (χ0) is 11.8. The smallest absolute Gasteiger partial charge is 0.229 e. The van der Waals surface area contributed by atoms with Gasteiger partial charge in [0.05, 0.1) is 15.8 Å². The molecule has 16 heavy (non-hydrogen) atoms. The number of nitriles is 1. The second kappa shape index (κ2) is 4.19. The average molecular weight is 299 g/mol. The summed E-state index contributed by atoms with van der Waals surface area (Å²) in [5, 5.41) is 11.7. The molecule has 2 rings (SSSR count). The van der Waals surface area contributed by atoms with Crippen LogP contribution < -0.4 is 5.32 Å². The fraction of sp³-hybridized carbons (Fsp3) is 0.455. The summed E-state index contributed by atoms with van der Waals surface area (Å²) in [6.45, 7) is 1.86. The topological polar surface area (TPSA) is 52.9 Å². The van der Waals surface area contributed by atoms with Gasteiger partial charge in [-0.25, -0.2) is 0 Å². The van der Waals surface area contributed by atoms with Crippen LogP contribution in [0.4, 0.5) is 0 Å². The third-order valence-electron chi connectivity index (χ3n) is 2.74. The normalized spacial score (nSPS) is 18.6. The van der Waals surface area contributed by atoms with Crippen LogP contribution in [0.2, 0.25) is 0 Å². The Kier molecular flexibility index (Phi) is 3.04. The highest BCUT2D eigenvalue weighted by atomic mass is 79.9. The predicted molar refractivity (Wildman–Crippen MR) is 66.2 cm³/mol. The molecule has 84 valence electrons. The Hall–Kier alpha value is -0.860. The Labute approximate surface area is 107 Å². The summed E-state index contributed by atoms with van der Waals surface area (Å²) in [6, 6.07) is 6.02. The van der Waals surface area contributed by atoms with E-state index in [1.54, 1.807) is 11.3 Å². The maximum absolute atomic E-state index is 11.9. The lowest BCUT2D eigenvalue weighted by Gasteiger charge is -2.13. The van der Waals surface area contributed by atoms with E-state index in [2.05, 4.69) is 27.3 Å². The highest BCUT2D eigenvalue weighted by molar-refractivity contribution is 9.11. The Morgan fingerprint density at radius 3 is 2.81 bits per heavy atom. The van der Waals surface area contributed by atoms with E-state index in [9.17, 15) is 4.79 Å². The predicted octanol–water partition coefficient (Wildman–Crippen LogP) is 2.79. The van der Waals surface area contributed by atoms with Crippen LogP contribution >= 0.6 is 27.3 Å². The Morgan fingerprint density at radius 2 is 2.38 bits per heavy atom. The fourth-order valence-corrected chi connectivity index (χ4v) is 2.90. The molecule has 1 aromatic heterocycles. The van der Waals surface area contributed by atoms with E-state index < -0.39 is 5.54 Å². The molecule has 0 aliphatic heterocycles. The van der Waals surface area contributed by atoms with Gasteiger partial charge in [0, 0.05) is 4.88 Å². The largest absolute Gasteiger partial charge is 0.337 e. The number of hydrogen-bond donors (Lipinski definition) is 1. The van der Waals surface area contributed by atoms with E-state index in [-0.39, 0.29) is 11.8 Å². The van der Waals surface area contributed by atoms with E-state index in [0.29, 0.717) is 0 Å². The van der Waals surface area contributed by atoms with Crippen LogP contribution in [0.1, 0.15) is 30.6 Å². The quantitative estimate of drug-likeness (QED) is 0.933. The van der Waals surface area contributed by atoms with Crippen molar-refractivity contribution in [2.24, 2.45) is 0 Å². The van der Waals surface area contributed by atoms with Crippen molar-refractivity contribution >= 4 is 33.2 Å². The molecule has 0 saturated heterocycles. The molecule has 3 nitrogen and oxygen atoms in total. The van der Waals surface area contributed by atoms with Crippen molar-refractivity contribution in [3.8, 4) is 6.07 Å². The first-order valence-electron chi connectivity index (χ1n) is 5.05. The monoisotopic (exact) mass is 298 g/mol. The molecule has 1 atom stereocenters. The van der Waals surface area contributed by atoms with Crippen LogP contribution in [0.3, 0.4) is 0 Å². The van der Waals surface area contributed by atoms with Crippen molar-refractivity contribution in [1.82, 2.24) is 5.32 Å². The van der Waals surface area contributed by atoms with E-state index in [1.165, 1.54) is 0 Å². The molecule has 5 heteroatoms. The third kappa shape index (κ3) is 2.28. The molecular formula is C11H11BrN2OS. The minimum atomic E-state index is -0.570. The van der Waals surface area contributed by atoms with Crippen molar-refractivity contribution < 1.29 is 4.79 Å². The second-order valence-corrected chi connectivity index (χ2v) is 6.54. The van der Waals surface area contributed by atoms with E-state index in [1.807, 2.05) is 19.1 Å². The molecule has 1 aromatic rings. The molecule has 0 unspecified atom stereocenters. The lowest BCUT2D eigenvalue weighted by Crippen LogP contribution is -2.38. The van der Waals surface area contributed by atoms with Crippen molar-refractivity contribution in [1.29, 1.82) is 5.26 Å². The summed E-state index contributed by atoms with van der Waals surface area (Å²) in [6.07, 6.45) is 1.55. The highest BCUT2D eigenvalue weighted by Gasteiger charge is 2.45. The van der Waals surface area contributed by atoms with E-state index >= 15 is 0 Å². The van der Waals surface area contributed by atoms with Gasteiger partial charge in [-0.2, -0.15) is 5.26 Å². The van der Waals surface area contributed by atoms with E-state index in [4.69, 9.17) is 5.26 Å². The minimum absolute atomic E-state index is 0.0617. The Morgan fingerprint density at radius 1 is 1.69 bits per heavy atom.